The summed E-state index contributed by atoms with van der Waals surface area (Å²) in [4.78, 5) is 4.17. The van der Waals surface area contributed by atoms with Gasteiger partial charge >= 0.3 is 0 Å². The molecular weight excluding hydrogens is 228 g/mol. The number of alkyl halides is 2. The minimum atomic E-state index is -2.42. The molecule has 0 fully saturated rings. The van der Waals surface area contributed by atoms with Crippen molar-refractivity contribution in [2.75, 3.05) is 13.2 Å². The van der Waals surface area contributed by atoms with Gasteiger partial charge in [-0.15, -0.1) is 0 Å². The predicted molar refractivity (Wildman–Crippen MR) is 60.5 cm³/mol. The third-order valence-corrected chi connectivity index (χ3v) is 2.27. The Labute approximate surface area is 99.1 Å². The Bertz CT molecular complexity index is 298. The highest BCUT2D eigenvalue weighted by molar-refractivity contribution is 5.05. The lowest BCUT2D eigenvalue weighted by Crippen LogP contribution is -2.38. The molecule has 0 spiro atoms. The fraction of sp³-hybridized carbons (Fsp3) is 0.545. The van der Waals surface area contributed by atoms with Crippen LogP contribution in [0.15, 0.2) is 24.4 Å². The molecule has 4 nitrogen and oxygen atoms in total. The predicted octanol–water partition coefficient (Wildman–Crippen LogP) is 1.13. The Morgan fingerprint density at radius 1 is 1.41 bits per heavy atom. The second-order valence-electron chi connectivity index (χ2n) is 3.64. The molecule has 1 heterocycles. The molecule has 1 unspecified atom stereocenters. The first kappa shape index (κ1) is 14.0. The van der Waals surface area contributed by atoms with E-state index in [2.05, 4.69) is 10.4 Å². The number of aromatic nitrogens is 1. The maximum absolute atomic E-state index is 11.8. The van der Waals surface area contributed by atoms with Gasteiger partial charge in [0.1, 0.15) is 6.61 Å². The van der Waals surface area contributed by atoms with Gasteiger partial charge in [0.2, 0.25) is 0 Å². The van der Waals surface area contributed by atoms with Crippen molar-refractivity contribution in [3.63, 3.8) is 0 Å². The monoisotopic (exact) mass is 245 g/mol. The Kier molecular flexibility index (Phi) is 6.61. The molecule has 0 aliphatic heterocycles. The van der Waals surface area contributed by atoms with Gasteiger partial charge in [-0.25, -0.2) is 8.78 Å². The Morgan fingerprint density at radius 3 is 2.82 bits per heavy atom. The molecule has 0 aliphatic carbocycles. The van der Waals surface area contributed by atoms with E-state index in [1.807, 2.05) is 18.2 Å². The maximum atomic E-state index is 11.8. The van der Waals surface area contributed by atoms with Crippen molar-refractivity contribution in [1.82, 2.24) is 10.4 Å². The number of nitrogens with two attached hydrogens (primary N) is 1. The third kappa shape index (κ3) is 6.25. The van der Waals surface area contributed by atoms with Gasteiger partial charge in [0.15, 0.2) is 0 Å². The number of ether oxygens (including phenoxy) is 1. The summed E-state index contributed by atoms with van der Waals surface area (Å²) in [5, 5.41) is 0. The van der Waals surface area contributed by atoms with Crippen LogP contribution < -0.4 is 11.3 Å². The number of nitrogens with zero attached hydrogens (tertiary/aromatic N) is 1. The molecule has 6 heteroatoms. The number of hydrogen-bond acceptors (Lipinski definition) is 4. The Hall–Kier alpha value is -1.11. The molecule has 0 bridgehead atoms. The smallest absolute Gasteiger partial charge is 0.261 e. The number of nitrogens with one attached hydrogen (secondary N) is 1. The summed E-state index contributed by atoms with van der Waals surface area (Å²) in [7, 11) is 0. The summed E-state index contributed by atoms with van der Waals surface area (Å²) in [5.41, 5.74) is 3.54. The molecule has 17 heavy (non-hydrogen) atoms. The van der Waals surface area contributed by atoms with E-state index < -0.39 is 13.0 Å². The summed E-state index contributed by atoms with van der Waals surface area (Å²) < 4.78 is 28.4. The number of pyridine rings is 1. The quantitative estimate of drug-likeness (QED) is 0.409. The first-order valence-electron chi connectivity index (χ1n) is 5.44. The lowest BCUT2D eigenvalue weighted by Gasteiger charge is -2.15. The van der Waals surface area contributed by atoms with Gasteiger partial charge in [-0.3, -0.25) is 16.3 Å². The highest BCUT2D eigenvalue weighted by Gasteiger charge is 2.09. The molecule has 1 aromatic rings. The third-order valence-electron chi connectivity index (χ3n) is 2.27. The standard InChI is InChI=1S/C11H17F2N3O/c12-11(13)8-17-6-4-10(16-14)7-9-3-1-2-5-15-9/h1-3,5,10-11,16H,4,6-8,14H2. The van der Waals surface area contributed by atoms with Gasteiger partial charge in [0.25, 0.3) is 6.43 Å². The van der Waals surface area contributed by atoms with Crippen LogP contribution in [0.3, 0.4) is 0 Å². The van der Waals surface area contributed by atoms with Crippen LogP contribution in [-0.4, -0.2) is 30.7 Å². The molecule has 3 N–H and O–H groups in total. The van der Waals surface area contributed by atoms with Crippen molar-refractivity contribution in [2.24, 2.45) is 5.84 Å². The van der Waals surface area contributed by atoms with E-state index in [4.69, 9.17) is 10.6 Å². The molecule has 1 aromatic heterocycles. The van der Waals surface area contributed by atoms with Crippen molar-refractivity contribution in [3.05, 3.63) is 30.1 Å². The average Bonchev–Trinajstić information content (AvgIpc) is 2.34. The van der Waals surface area contributed by atoms with Crippen LogP contribution in [0, 0.1) is 0 Å². The number of hydrazine groups is 1. The molecule has 0 aromatic carbocycles. The van der Waals surface area contributed by atoms with Crippen LogP contribution in [0.1, 0.15) is 12.1 Å². The van der Waals surface area contributed by atoms with Crippen LogP contribution in [0.2, 0.25) is 0 Å². The van der Waals surface area contributed by atoms with E-state index in [9.17, 15) is 8.78 Å². The summed E-state index contributed by atoms with van der Waals surface area (Å²) in [6.07, 6.45) is 0.501. The van der Waals surface area contributed by atoms with E-state index in [-0.39, 0.29) is 12.6 Å². The second-order valence-corrected chi connectivity index (χ2v) is 3.64. The van der Waals surface area contributed by atoms with Crippen LogP contribution in [0.4, 0.5) is 8.78 Å². The molecule has 0 aliphatic rings. The minimum absolute atomic E-state index is 0.0254. The van der Waals surface area contributed by atoms with Crippen LogP contribution in [0.25, 0.3) is 0 Å². The molecular formula is C11H17F2N3O. The van der Waals surface area contributed by atoms with Crippen molar-refractivity contribution < 1.29 is 13.5 Å². The maximum Gasteiger partial charge on any atom is 0.261 e. The lowest BCUT2D eigenvalue weighted by atomic mass is 10.1. The molecule has 96 valence electrons. The van der Waals surface area contributed by atoms with Gasteiger partial charge in [-0.1, -0.05) is 6.07 Å². The van der Waals surface area contributed by atoms with E-state index >= 15 is 0 Å². The zero-order valence-corrected chi connectivity index (χ0v) is 9.48. The minimum Gasteiger partial charge on any atom is -0.375 e. The molecule has 0 saturated heterocycles. The normalized spacial score (nSPS) is 12.9. The molecule has 0 saturated carbocycles. The fourth-order valence-corrected chi connectivity index (χ4v) is 1.41. The summed E-state index contributed by atoms with van der Waals surface area (Å²) in [6, 6.07) is 5.59. The van der Waals surface area contributed by atoms with Crippen molar-refractivity contribution in [2.45, 2.75) is 25.3 Å². The Morgan fingerprint density at radius 2 is 2.24 bits per heavy atom. The highest BCUT2D eigenvalue weighted by Crippen LogP contribution is 2.03. The van der Waals surface area contributed by atoms with Gasteiger partial charge in [-0.05, 0) is 18.6 Å². The van der Waals surface area contributed by atoms with Gasteiger partial charge < -0.3 is 4.74 Å². The highest BCUT2D eigenvalue weighted by atomic mass is 19.3. The fourth-order valence-electron chi connectivity index (χ4n) is 1.41. The summed E-state index contributed by atoms with van der Waals surface area (Å²) >= 11 is 0. The lowest BCUT2D eigenvalue weighted by molar-refractivity contribution is 0.0144. The largest absolute Gasteiger partial charge is 0.375 e. The van der Waals surface area contributed by atoms with Gasteiger partial charge in [-0.2, -0.15) is 0 Å². The Balaban J connectivity index is 2.24. The summed E-state index contributed by atoms with van der Waals surface area (Å²) in [5.74, 6) is 5.38. The van der Waals surface area contributed by atoms with E-state index in [0.717, 1.165) is 5.69 Å². The van der Waals surface area contributed by atoms with Gasteiger partial charge in [0, 0.05) is 31.0 Å². The number of halogens is 2. The van der Waals surface area contributed by atoms with Crippen molar-refractivity contribution in [1.29, 1.82) is 0 Å². The van der Waals surface area contributed by atoms with Crippen LogP contribution >= 0.6 is 0 Å². The topological polar surface area (TPSA) is 60.2 Å². The summed E-state index contributed by atoms with van der Waals surface area (Å²) in [6.45, 7) is -0.271. The van der Waals surface area contributed by atoms with E-state index in [0.29, 0.717) is 12.8 Å². The first-order chi connectivity index (χ1) is 8.22. The number of rotatable bonds is 8. The molecule has 0 amide bonds. The zero-order chi connectivity index (χ0) is 12.5. The first-order valence-corrected chi connectivity index (χ1v) is 5.44. The van der Waals surface area contributed by atoms with Crippen LogP contribution in [0.5, 0.6) is 0 Å². The zero-order valence-electron chi connectivity index (χ0n) is 9.48. The molecule has 1 atom stereocenters. The van der Waals surface area contributed by atoms with Gasteiger partial charge in [0.05, 0.1) is 0 Å². The SMILES string of the molecule is NNC(CCOCC(F)F)Cc1ccccn1. The van der Waals surface area contributed by atoms with Crippen molar-refractivity contribution in [3.8, 4) is 0 Å². The van der Waals surface area contributed by atoms with E-state index in [1.165, 1.54) is 0 Å². The second kappa shape index (κ2) is 8.05. The number of hydrogen-bond donors (Lipinski definition) is 2. The van der Waals surface area contributed by atoms with Crippen molar-refractivity contribution >= 4 is 0 Å². The molecule has 1 rings (SSSR count). The molecule has 0 radical (unpaired) electrons. The van der Waals surface area contributed by atoms with Crippen LogP contribution in [-0.2, 0) is 11.2 Å². The van der Waals surface area contributed by atoms with E-state index in [1.54, 1.807) is 6.20 Å². The average molecular weight is 245 g/mol.